The Bertz CT molecular complexity index is 3980. The fourth-order valence-corrected chi connectivity index (χ4v) is 10.9. The van der Waals surface area contributed by atoms with Crippen LogP contribution in [0, 0.1) is 0 Å². The molecule has 0 fully saturated rings. The van der Waals surface area contributed by atoms with Gasteiger partial charge in [-0.2, -0.15) is 0 Å². The van der Waals surface area contributed by atoms with Crippen molar-refractivity contribution >= 4 is 71.5 Å². The molecule has 72 heavy (non-hydrogen) atoms. The van der Waals surface area contributed by atoms with E-state index in [-0.39, 0.29) is 0 Å². The number of nitrogens with zero attached hydrogens (tertiary/aromatic N) is 2. The van der Waals surface area contributed by atoms with Crippen LogP contribution in [0.15, 0.2) is 285 Å². The number of para-hydroxylation sites is 1. The summed E-state index contributed by atoms with van der Waals surface area (Å²) >= 11 is 0. The van der Waals surface area contributed by atoms with Crippen LogP contribution in [0.2, 0.25) is 0 Å². The van der Waals surface area contributed by atoms with Crippen molar-refractivity contribution in [2.24, 2.45) is 0 Å². The molecule has 2 heteroatoms. The van der Waals surface area contributed by atoms with E-state index in [2.05, 4.69) is 289 Å². The molecule has 12 aromatic rings. The summed E-state index contributed by atoms with van der Waals surface area (Å²) in [5, 5.41) is 10.0. The van der Waals surface area contributed by atoms with Gasteiger partial charge in [0.2, 0.25) is 0 Å². The highest BCUT2D eigenvalue weighted by atomic mass is 15.2. The van der Waals surface area contributed by atoms with Gasteiger partial charge in [-0.25, -0.2) is 0 Å². The molecule has 13 rings (SSSR count). The normalized spacial score (nSPS) is 12.4. The third-order valence-electron chi connectivity index (χ3n) is 14.5. The van der Waals surface area contributed by atoms with E-state index in [1.54, 1.807) is 0 Å². The number of hydrogen-bond acceptors (Lipinski definition) is 2. The van der Waals surface area contributed by atoms with Gasteiger partial charge in [0.05, 0.1) is 11.4 Å². The Morgan fingerprint density at radius 2 is 0.583 bits per heavy atom. The zero-order chi connectivity index (χ0) is 47.8. The topological polar surface area (TPSA) is 6.48 Å². The lowest BCUT2D eigenvalue weighted by Crippen LogP contribution is -2.17. The van der Waals surface area contributed by atoms with Crippen LogP contribution in [0.1, 0.15) is 12.8 Å². The van der Waals surface area contributed by atoms with E-state index in [1.165, 1.54) is 105 Å². The molecule has 1 aliphatic rings. The second kappa shape index (κ2) is 18.6. The van der Waals surface area contributed by atoms with Crippen molar-refractivity contribution in [2.45, 2.75) is 12.8 Å². The van der Waals surface area contributed by atoms with Gasteiger partial charge < -0.3 is 9.80 Å². The summed E-state index contributed by atoms with van der Waals surface area (Å²) in [5.74, 6) is 0. The smallest absolute Gasteiger partial charge is 0.0546 e. The van der Waals surface area contributed by atoms with Crippen LogP contribution in [0.3, 0.4) is 0 Å². The van der Waals surface area contributed by atoms with Gasteiger partial charge in [-0.15, -0.1) is 0 Å². The van der Waals surface area contributed by atoms with E-state index in [1.807, 2.05) is 0 Å². The first-order valence-corrected chi connectivity index (χ1v) is 25.0. The van der Waals surface area contributed by atoms with Gasteiger partial charge in [0, 0.05) is 33.5 Å². The molecular formula is C70H50N2. The minimum atomic E-state index is 0.992. The number of allylic oxidation sites excluding steroid dienone is 4. The van der Waals surface area contributed by atoms with Crippen LogP contribution in [0.5, 0.6) is 0 Å². The van der Waals surface area contributed by atoms with Crippen molar-refractivity contribution in [1.82, 2.24) is 0 Å². The molecule has 12 aromatic carbocycles. The number of anilines is 5. The van der Waals surface area contributed by atoms with E-state index in [9.17, 15) is 0 Å². The summed E-state index contributed by atoms with van der Waals surface area (Å²) in [6.45, 7) is 0. The van der Waals surface area contributed by atoms with E-state index >= 15 is 0 Å². The van der Waals surface area contributed by atoms with Crippen LogP contribution in [0.4, 0.5) is 28.4 Å². The van der Waals surface area contributed by atoms with Gasteiger partial charge >= 0.3 is 0 Å². The highest BCUT2D eigenvalue weighted by molar-refractivity contribution is 6.15. The maximum absolute atomic E-state index is 2.47. The predicted molar refractivity (Wildman–Crippen MR) is 308 cm³/mol. The van der Waals surface area contributed by atoms with Crippen LogP contribution in [-0.2, 0) is 0 Å². The summed E-state index contributed by atoms with van der Waals surface area (Å²) in [5.41, 5.74) is 16.7. The summed E-state index contributed by atoms with van der Waals surface area (Å²) in [4.78, 5) is 4.85. The SMILES string of the molecule is C1=CCCC(N(c2ccc(-c3ccc(-c4ccc(-c5ccc(-c6ccc(N(c7ccccc7)c7cc8ccccc8c8ccccc78)cc6)cc5)cc4)cc3)cc2)c2cc3ccccc3c3ccccc23)=C1. The summed E-state index contributed by atoms with van der Waals surface area (Å²) in [6, 6.07) is 95.3. The standard InChI is InChI=1S/C70H50N2/c1-3-17-59(18-4-1)71(69-47-57-15-7-9-21-63(57)65-23-11-13-25-67(65)69)61-43-39-55(40-44-61)53-35-31-51(32-36-53)49-27-29-50(30-28-49)52-33-37-54(38-34-52)56-41-45-62(46-42-56)72(60-19-5-2-6-20-60)70-48-58-16-8-10-22-64(58)66-24-12-14-26-68(66)70/h1-5,7-19,21-48H,6,20H2. The van der Waals surface area contributed by atoms with Gasteiger partial charge in [0.15, 0.2) is 0 Å². The Morgan fingerprint density at radius 3 is 0.986 bits per heavy atom. The lowest BCUT2D eigenvalue weighted by atomic mass is 9.96. The zero-order valence-corrected chi connectivity index (χ0v) is 39.9. The van der Waals surface area contributed by atoms with Gasteiger partial charge in [0.1, 0.15) is 0 Å². The number of rotatable bonds is 10. The molecule has 0 bridgehead atoms. The molecule has 0 aromatic heterocycles. The molecule has 0 radical (unpaired) electrons. The quantitative estimate of drug-likeness (QED) is 0.126. The molecule has 1 aliphatic carbocycles. The highest BCUT2D eigenvalue weighted by Gasteiger charge is 2.21. The number of hydrogen-bond donors (Lipinski definition) is 0. The number of benzene rings is 12. The Balaban J connectivity index is 0.725. The van der Waals surface area contributed by atoms with Crippen molar-refractivity contribution in [2.75, 3.05) is 9.80 Å². The van der Waals surface area contributed by atoms with Crippen LogP contribution < -0.4 is 9.80 Å². The summed E-state index contributed by atoms with van der Waals surface area (Å²) in [6.07, 6.45) is 8.76. The molecule has 0 heterocycles. The van der Waals surface area contributed by atoms with Crippen molar-refractivity contribution in [3.63, 3.8) is 0 Å². The van der Waals surface area contributed by atoms with E-state index < -0.39 is 0 Å². The van der Waals surface area contributed by atoms with Crippen molar-refractivity contribution in [3.8, 4) is 44.5 Å². The third-order valence-corrected chi connectivity index (χ3v) is 14.5. The van der Waals surface area contributed by atoms with Crippen molar-refractivity contribution in [1.29, 1.82) is 0 Å². The molecule has 340 valence electrons. The lowest BCUT2D eigenvalue weighted by Gasteiger charge is -2.30. The molecule has 0 saturated heterocycles. The average Bonchev–Trinajstić information content (AvgIpc) is 3.46. The van der Waals surface area contributed by atoms with Crippen LogP contribution in [-0.4, -0.2) is 0 Å². The molecule has 0 spiro atoms. The molecule has 0 atom stereocenters. The van der Waals surface area contributed by atoms with Gasteiger partial charge in [0.25, 0.3) is 0 Å². The molecule has 2 nitrogen and oxygen atoms in total. The Morgan fingerprint density at radius 1 is 0.264 bits per heavy atom. The first-order valence-electron chi connectivity index (χ1n) is 25.0. The largest absolute Gasteiger partial charge is 0.314 e. The molecule has 0 unspecified atom stereocenters. The minimum Gasteiger partial charge on any atom is -0.314 e. The van der Waals surface area contributed by atoms with Crippen LogP contribution in [0.25, 0.3) is 87.6 Å². The van der Waals surface area contributed by atoms with Crippen molar-refractivity contribution in [3.05, 3.63) is 285 Å². The van der Waals surface area contributed by atoms with E-state index in [0.717, 1.165) is 29.9 Å². The fourth-order valence-electron chi connectivity index (χ4n) is 10.9. The van der Waals surface area contributed by atoms with Gasteiger partial charge in [-0.05, 0) is 144 Å². The highest BCUT2D eigenvalue weighted by Crippen LogP contribution is 2.44. The number of fused-ring (bicyclic) bond motifs is 6. The minimum absolute atomic E-state index is 0.992. The zero-order valence-electron chi connectivity index (χ0n) is 39.9. The Kier molecular flexibility index (Phi) is 11.1. The maximum Gasteiger partial charge on any atom is 0.0546 e. The molecule has 0 amide bonds. The monoisotopic (exact) mass is 918 g/mol. The van der Waals surface area contributed by atoms with Crippen LogP contribution >= 0.6 is 0 Å². The first kappa shape index (κ1) is 42.8. The van der Waals surface area contributed by atoms with Gasteiger partial charge in [-0.1, -0.05) is 224 Å². The average molecular weight is 919 g/mol. The fraction of sp³-hybridized carbons (Fsp3) is 0.0286. The van der Waals surface area contributed by atoms with E-state index in [4.69, 9.17) is 0 Å². The van der Waals surface area contributed by atoms with Gasteiger partial charge in [-0.3, -0.25) is 0 Å². The molecule has 0 N–H and O–H groups in total. The summed E-state index contributed by atoms with van der Waals surface area (Å²) in [7, 11) is 0. The second-order valence-electron chi connectivity index (χ2n) is 18.8. The molecular weight excluding hydrogens is 869 g/mol. The first-order chi connectivity index (χ1) is 35.7. The maximum atomic E-state index is 2.47. The Hall–Kier alpha value is -9.24. The third kappa shape index (κ3) is 7.99. The lowest BCUT2D eigenvalue weighted by molar-refractivity contribution is 0.920. The second-order valence-corrected chi connectivity index (χ2v) is 18.8. The van der Waals surface area contributed by atoms with E-state index in [0.29, 0.717) is 0 Å². The predicted octanol–water partition coefficient (Wildman–Crippen LogP) is 19.8. The molecule has 0 aliphatic heterocycles. The van der Waals surface area contributed by atoms with Crippen molar-refractivity contribution < 1.29 is 0 Å². The summed E-state index contributed by atoms with van der Waals surface area (Å²) < 4.78 is 0. The molecule has 0 saturated carbocycles. The Labute approximate surface area is 421 Å².